The van der Waals surface area contributed by atoms with Crippen LogP contribution in [0.5, 0.6) is 0 Å². The van der Waals surface area contributed by atoms with Gasteiger partial charge in [-0.15, -0.1) is 0 Å². The van der Waals surface area contributed by atoms with Crippen LogP contribution in [-0.4, -0.2) is 176 Å². The molecule has 0 aromatic rings. The summed E-state index contributed by atoms with van der Waals surface area (Å²) in [5.74, 6) is 1.57. The number of hydrogen-bond donors (Lipinski definition) is 15. The van der Waals surface area contributed by atoms with Crippen molar-refractivity contribution in [3.8, 4) is 0 Å². The number of carbonyl (C=O) groups excluding carboxylic acids is 2. The zero-order chi connectivity index (χ0) is 88.2. The lowest BCUT2D eigenvalue weighted by Gasteiger charge is -2.35. The lowest BCUT2D eigenvalue weighted by Crippen LogP contribution is -2.43. The van der Waals surface area contributed by atoms with Gasteiger partial charge in [-0.05, 0) is 230 Å². The molecular formula is C96H161N11O13. The quantitative estimate of drug-likeness (QED) is 0.00671. The number of urea groups is 1. The molecule has 0 heterocycles. The standard InChI is InChI=1S/C33H57N5O4.C33H53N3O5.C30H51N3O4/c1-4-11-25(26-13-5-6-14-26)15-8-18-29(39)19-10-21-38(3)32(34)37-30(31(40)41)23-28(17-9-20-36-33(35)42)27-16-7-12-24(2)22-27;1-3-12-24(4-2)14-11-15-25(13-7-6-10-20-37)21-29(32(40)41)36-33(34)35-19-18-28-30(38)22-27(23-31(28)39)26-16-8-5-9-17-26;1-3-4-5-8-19-27(35)20-13-21-32-30(31)33-28(29(36)37)23-25(15-7-6-11-22-34)16-12-18-26-17-10-9-14-24(26)2/h5,9,13,17,23-27,29-30,39H,4,6-8,10-12,14-16,18-22H2,1-3H3,(H2,34,37)(H,40,41)(H3,35,36,42);3,11-12,15,18,21,24,26-27,29-30,37-38H,4-10,13-14,16-17,19-20,22-23H2,1-2H3,(H,40,41)(H3,34,35,36);10,12-13,16-17,20,23-24,26-28,34-35H,3-9,11,14-15,18-19,21-22H2,1-2H3,(H,36,37)(H3,31,32,33)/b17-9+,28-23+;12-3-,15-11+,25-21-,28-18-;16-12+,20-13+,25-23-. The van der Waals surface area contributed by atoms with Crippen LogP contribution in [0.2, 0.25) is 0 Å². The molecule has 19 N–H and O–H groups in total. The fourth-order valence-electron chi connectivity index (χ4n) is 16.8. The molecule has 678 valence electrons. The van der Waals surface area contributed by atoms with Crippen molar-refractivity contribution in [2.75, 3.05) is 46.4 Å². The normalized spacial score (nSPS) is 22.8. The van der Waals surface area contributed by atoms with E-state index in [0.717, 1.165) is 164 Å². The fraction of sp³-hybridized carbons (Fsp3) is 0.688. The van der Waals surface area contributed by atoms with Crippen molar-refractivity contribution in [3.63, 3.8) is 0 Å². The first kappa shape index (κ1) is 106. The predicted octanol–water partition coefficient (Wildman–Crippen LogP) is 15.8. The molecule has 0 bridgehead atoms. The van der Waals surface area contributed by atoms with Gasteiger partial charge in [0, 0.05) is 45.3 Å². The highest BCUT2D eigenvalue weighted by atomic mass is 16.4. The number of amides is 2. The Labute approximate surface area is 720 Å². The molecule has 24 heteroatoms. The van der Waals surface area contributed by atoms with Gasteiger partial charge in [0.25, 0.3) is 0 Å². The summed E-state index contributed by atoms with van der Waals surface area (Å²) in [4.78, 5) is 74.5. The number of ketones is 1. The molecule has 3 saturated carbocycles. The van der Waals surface area contributed by atoms with E-state index in [2.05, 4.69) is 114 Å². The van der Waals surface area contributed by atoms with Gasteiger partial charge < -0.3 is 84.6 Å². The van der Waals surface area contributed by atoms with Crippen molar-refractivity contribution in [1.29, 1.82) is 0 Å². The van der Waals surface area contributed by atoms with E-state index < -0.39 is 54.3 Å². The molecule has 0 radical (unpaired) electrons. The lowest BCUT2D eigenvalue weighted by atomic mass is 9.71. The van der Waals surface area contributed by atoms with Crippen LogP contribution >= 0.6 is 0 Å². The average Bonchev–Trinajstić information content (AvgIpc) is 0.873. The summed E-state index contributed by atoms with van der Waals surface area (Å²) in [6, 6.07) is -3.79. The van der Waals surface area contributed by atoms with E-state index in [0.29, 0.717) is 79.7 Å². The van der Waals surface area contributed by atoms with Gasteiger partial charge in [-0.3, -0.25) is 4.79 Å². The van der Waals surface area contributed by atoms with Crippen molar-refractivity contribution in [3.05, 3.63) is 132 Å². The number of primary amides is 1. The van der Waals surface area contributed by atoms with Gasteiger partial charge >= 0.3 is 23.9 Å². The van der Waals surface area contributed by atoms with E-state index in [9.17, 15) is 54.6 Å². The lowest BCUT2D eigenvalue weighted by molar-refractivity contribution is -0.138. The second-order valence-corrected chi connectivity index (χ2v) is 34.0. The van der Waals surface area contributed by atoms with Crippen molar-refractivity contribution in [2.24, 2.45) is 91.2 Å². The number of hydrogen-bond acceptors (Lipinski definition) is 13. The average molecular weight is 1680 g/mol. The molecule has 0 saturated heterocycles. The number of nitrogens with two attached hydrogens (primary N) is 4. The van der Waals surface area contributed by atoms with Crippen LogP contribution in [0.15, 0.2) is 147 Å². The van der Waals surface area contributed by atoms with Crippen LogP contribution in [0.25, 0.3) is 0 Å². The molecule has 0 aromatic heterocycles. The zero-order valence-electron chi connectivity index (χ0n) is 74.4. The van der Waals surface area contributed by atoms with Gasteiger partial charge in [-0.1, -0.05) is 228 Å². The van der Waals surface area contributed by atoms with Gasteiger partial charge in [0.1, 0.15) is 12.1 Å². The Kier molecular flexibility index (Phi) is 57.4. The monoisotopic (exact) mass is 1680 g/mol. The van der Waals surface area contributed by atoms with Gasteiger partial charge in [0.15, 0.2) is 29.7 Å². The third kappa shape index (κ3) is 47.5. The van der Waals surface area contributed by atoms with E-state index in [-0.39, 0.29) is 74.4 Å². The number of aliphatic hydroxyl groups is 5. The molecular weight excluding hydrogens is 1520 g/mol. The molecule has 5 aliphatic carbocycles. The smallest absolute Gasteiger partial charge is 0.332 e. The highest BCUT2D eigenvalue weighted by Gasteiger charge is 2.36. The summed E-state index contributed by atoms with van der Waals surface area (Å²) < 4.78 is 0. The number of aliphatic imine (C=N–C) groups is 3. The molecule has 24 nitrogen and oxygen atoms in total. The maximum atomic E-state index is 12.8. The topological polar surface area (TPSA) is 428 Å². The minimum atomic E-state index is -1.12. The van der Waals surface area contributed by atoms with E-state index >= 15 is 0 Å². The number of nitrogens with one attached hydrogen (secondary N) is 3. The number of nitrogens with zero attached hydrogens (tertiary/aromatic N) is 4. The number of carboxylic acids is 3. The number of allylic oxidation sites excluding steroid dienone is 14. The molecule has 120 heavy (non-hydrogen) atoms. The van der Waals surface area contributed by atoms with Gasteiger partial charge in [-0.25, -0.2) is 34.2 Å². The molecule has 14 unspecified atom stereocenters. The summed E-state index contributed by atoms with van der Waals surface area (Å²) in [6.07, 6.45) is 71.2. The van der Waals surface area contributed by atoms with Crippen LogP contribution in [0, 0.1) is 53.3 Å². The molecule has 2 amide bonds. The van der Waals surface area contributed by atoms with Crippen LogP contribution in [0.4, 0.5) is 4.79 Å². The summed E-state index contributed by atoms with van der Waals surface area (Å²) >= 11 is 0. The molecule has 3 fully saturated rings. The number of carboxylic acid groups (broad SMARTS) is 3. The second kappa shape index (κ2) is 64.9. The van der Waals surface area contributed by atoms with Gasteiger partial charge in [0.2, 0.25) is 0 Å². The van der Waals surface area contributed by atoms with Crippen LogP contribution < -0.4 is 38.9 Å². The SMILES string of the molecule is C/C=C\C(CC)C/C=C/C(=C\C(NC(N)=NC/C=C1\C(=O)CC(C2CCCCC2)CC1O)C(=O)O)CCCCCO.CCCC(CCCC(O)CCCN(C)C(N)=NC(/C=C(\C=C\CNC(N)=O)C1CCCC(C)C1)C(=O)O)C1C=CCC1.CCCCCCC(O)/C=C/CN=C(N)NC(/C=C(\C=C\CC1C=CCCC1C)CCCCCO)C(=O)O. The first-order valence-electron chi connectivity index (χ1n) is 45.9. The Balaban J connectivity index is 0.000000466. The first-order valence-corrected chi connectivity index (χ1v) is 45.9. The number of aliphatic hydroxyl groups excluding tert-OH is 5. The van der Waals surface area contributed by atoms with E-state index in [1.165, 1.54) is 70.6 Å². The predicted molar refractivity (Wildman–Crippen MR) is 490 cm³/mol. The van der Waals surface area contributed by atoms with Crippen molar-refractivity contribution in [2.45, 2.75) is 322 Å². The van der Waals surface area contributed by atoms with Crippen LogP contribution in [0.3, 0.4) is 0 Å². The third-order valence-electron chi connectivity index (χ3n) is 24.0. The van der Waals surface area contributed by atoms with Gasteiger partial charge in [-0.2, -0.15) is 0 Å². The van der Waals surface area contributed by atoms with Crippen LogP contribution in [0.1, 0.15) is 286 Å². The number of unbranched alkanes of at least 4 members (excludes halogenated alkanes) is 7. The largest absolute Gasteiger partial charge is 0.479 e. The second-order valence-electron chi connectivity index (χ2n) is 34.0. The van der Waals surface area contributed by atoms with E-state index in [4.69, 9.17) is 33.1 Å². The summed E-state index contributed by atoms with van der Waals surface area (Å²) in [7, 11) is 1.80. The van der Waals surface area contributed by atoms with Crippen molar-refractivity contribution in [1.82, 2.24) is 20.9 Å². The maximum absolute atomic E-state index is 12.8. The highest BCUT2D eigenvalue weighted by Crippen LogP contribution is 2.40. The zero-order valence-corrected chi connectivity index (χ0v) is 74.4. The number of guanidine groups is 3. The molecule has 0 aliphatic heterocycles. The molecule has 14 atom stereocenters. The molecule has 0 aromatic carbocycles. The Morgan fingerprint density at radius 1 is 0.633 bits per heavy atom. The van der Waals surface area contributed by atoms with Crippen molar-refractivity contribution >= 4 is 47.6 Å². The number of aliphatic carboxylic acids is 3. The summed E-state index contributed by atoms with van der Waals surface area (Å²) in [6.45, 7) is 14.6. The number of Topliss-reactive ketones (excluding diaryl/α,β-unsaturated/α-hetero) is 1. The summed E-state index contributed by atoms with van der Waals surface area (Å²) in [5, 5.41) is 87.1. The molecule has 5 rings (SSSR count). The third-order valence-corrected chi connectivity index (χ3v) is 24.0. The van der Waals surface area contributed by atoms with Crippen molar-refractivity contribution < 1.29 is 64.8 Å². The Hall–Kier alpha value is -7.90. The maximum Gasteiger partial charge on any atom is 0.332 e. The Bertz CT molecular complexity index is 3360. The number of rotatable bonds is 53. The summed E-state index contributed by atoms with van der Waals surface area (Å²) in [5.41, 5.74) is 26.5. The molecule has 0 spiro atoms. The first-order chi connectivity index (χ1) is 57.7. The Morgan fingerprint density at radius 2 is 1.27 bits per heavy atom. The van der Waals surface area contributed by atoms with Gasteiger partial charge in [0.05, 0.1) is 31.4 Å². The Morgan fingerprint density at radius 3 is 1.86 bits per heavy atom. The van der Waals surface area contributed by atoms with E-state index in [1.807, 2.05) is 25.2 Å². The minimum absolute atomic E-state index is 0.0234. The van der Waals surface area contributed by atoms with E-state index in [1.54, 1.807) is 54.5 Å². The minimum Gasteiger partial charge on any atom is -0.479 e. The molecule has 5 aliphatic rings. The number of carbonyl (C=O) groups is 5. The highest BCUT2D eigenvalue weighted by molar-refractivity contribution is 5.97. The fourth-order valence-corrected chi connectivity index (χ4v) is 16.8. The van der Waals surface area contributed by atoms with Crippen LogP contribution in [-0.2, 0) is 19.2 Å².